The van der Waals surface area contributed by atoms with Crippen molar-refractivity contribution in [2.24, 2.45) is 5.41 Å². The van der Waals surface area contributed by atoms with Crippen molar-refractivity contribution >= 4 is 11.8 Å². The van der Waals surface area contributed by atoms with Gasteiger partial charge in [-0.25, -0.2) is 0 Å². The third-order valence-corrected chi connectivity index (χ3v) is 5.56. The summed E-state index contributed by atoms with van der Waals surface area (Å²) in [5, 5.41) is 0. The Kier molecular flexibility index (Phi) is 4.74. The van der Waals surface area contributed by atoms with Gasteiger partial charge in [0.15, 0.2) is 0 Å². The Morgan fingerprint density at radius 3 is 2.04 bits per heavy atom. The highest BCUT2D eigenvalue weighted by Crippen LogP contribution is 2.47. The molecule has 2 amide bonds. The van der Waals surface area contributed by atoms with Gasteiger partial charge in [-0.1, -0.05) is 43.2 Å². The molecule has 1 aromatic rings. The largest absolute Gasteiger partial charge is 0.348 e. The zero-order valence-electron chi connectivity index (χ0n) is 14.4. The SMILES string of the molecule is COC(CN1C(=O)CC2(CCCC2)CC1=O)(OC)c1ccccc1. The number of hydrogen-bond acceptors (Lipinski definition) is 4. The molecule has 0 atom stereocenters. The van der Waals surface area contributed by atoms with Crippen molar-refractivity contribution in [2.45, 2.75) is 44.3 Å². The van der Waals surface area contributed by atoms with E-state index in [1.807, 2.05) is 30.3 Å². The van der Waals surface area contributed by atoms with E-state index in [9.17, 15) is 9.59 Å². The zero-order chi connectivity index (χ0) is 17.2. The third-order valence-electron chi connectivity index (χ3n) is 5.56. The molecule has 1 spiro atoms. The lowest BCUT2D eigenvalue weighted by Crippen LogP contribution is -2.53. The van der Waals surface area contributed by atoms with E-state index >= 15 is 0 Å². The molecule has 130 valence electrons. The van der Waals surface area contributed by atoms with E-state index in [2.05, 4.69) is 0 Å². The van der Waals surface area contributed by atoms with Crippen LogP contribution >= 0.6 is 0 Å². The van der Waals surface area contributed by atoms with Crippen LogP contribution in [0.4, 0.5) is 0 Å². The van der Waals surface area contributed by atoms with Crippen LogP contribution in [0.1, 0.15) is 44.1 Å². The second-order valence-corrected chi connectivity index (χ2v) is 6.96. The predicted molar refractivity (Wildman–Crippen MR) is 89.0 cm³/mol. The number of rotatable bonds is 5. The molecule has 1 aliphatic heterocycles. The Hall–Kier alpha value is -1.72. The molecule has 1 saturated heterocycles. The maximum Gasteiger partial charge on any atom is 0.229 e. The fourth-order valence-corrected chi connectivity index (χ4v) is 4.13. The number of likely N-dealkylation sites (tertiary alicyclic amines) is 1. The van der Waals surface area contributed by atoms with E-state index < -0.39 is 5.79 Å². The van der Waals surface area contributed by atoms with E-state index in [1.165, 1.54) is 19.1 Å². The lowest BCUT2D eigenvalue weighted by atomic mass is 9.76. The van der Waals surface area contributed by atoms with Gasteiger partial charge in [0.2, 0.25) is 17.6 Å². The molecule has 0 N–H and O–H groups in total. The summed E-state index contributed by atoms with van der Waals surface area (Å²) in [6.45, 7) is 0.0811. The third kappa shape index (κ3) is 2.98. The first kappa shape index (κ1) is 17.1. The number of piperidine rings is 1. The first-order valence-electron chi connectivity index (χ1n) is 8.53. The smallest absolute Gasteiger partial charge is 0.229 e. The summed E-state index contributed by atoms with van der Waals surface area (Å²) >= 11 is 0. The van der Waals surface area contributed by atoms with Gasteiger partial charge in [0, 0.05) is 32.6 Å². The van der Waals surface area contributed by atoms with Gasteiger partial charge in [-0.05, 0) is 18.3 Å². The molecule has 1 heterocycles. The first-order chi connectivity index (χ1) is 11.5. The van der Waals surface area contributed by atoms with E-state index in [4.69, 9.17) is 9.47 Å². The van der Waals surface area contributed by atoms with Gasteiger partial charge < -0.3 is 9.47 Å². The van der Waals surface area contributed by atoms with Gasteiger partial charge >= 0.3 is 0 Å². The average molecular weight is 331 g/mol. The number of amides is 2. The van der Waals surface area contributed by atoms with Gasteiger partial charge in [0.25, 0.3) is 0 Å². The molecule has 24 heavy (non-hydrogen) atoms. The topological polar surface area (TPSA) is 55.8 Å². The van der Waals surface area contributed by atoms with Gasteiger partial charge in [-0.15, -0.1) is 0 Å². The van der Waals surface area contributed by atoms with E-state index in [-0.39, 0.29) is 23.8 Å². The number of ether oxygens (including phenoxy) is 2. The second-order valence-electron chi connectivity index (χ2n) is 6.96. The fraction of sp³-hybridized carbons (Fsp3) is 0.579. The maximum absolute atomic E-state index is 12.7. The molecule has 2 aliphatic rings. The van der Waals surface area contributed by atoms with Gasteiger partial charge in [0.05, 0.1) is 6.54 Å². The molecule has 1 aromatic carbocycles. The maximum atomic E-state index is 12.7. The standard InChI is InChI=1S/C19H25NO4/c1-23-19(24-2,15-8-4-3-5-9-15)14-20-16(21)12-18(13-17(20)22)10-6-7-11-18/h3-5,8-9H,6-7,10-14H2,1-2H3. The highest BCUT2D eigenvalue weighted by atomic mass is 16.7. The number of carbonyl (C=O) groups excluding carboxylic acids is 2. The van der Waals surface area contributed by atoms with Crippen LogP contribution in [0, 0.1) is 5.41 Å². The lowest BCUT2D eigenvalue weighted by Gasteiger charge is -2.41. The Morgan fingerprint density at radius 2 is 1.54 bits per heavy atom. The molecule has 1 aliphatic carbocycles. The molecule has 0 unspecified atom stereocenters. The van der Waals surface area contributed by atoms with Crippen molar-refractivity contribution in [1.29, 1.82) is 0 Å². The van der Waals surface area contributed by atoms with Gasteiger partial charge in [0.1, 0.15) is 0 Å². The first-order valence-corrected chi connectivity index (χ1v) is 8.53. The quantitative estimate of drug-likeness (QED) is 0.615. The lowest BCUT2D eigenvalue weighted by molar-refractivity contribution is -0.227. The normalized spacial score (nSPS) is 20.8. The minimum Gasteiger partial charge on any atom is -0.348 e. The van der Waals surface area contributed by atoms with Crippen molar-refractivity contribution in [3.05, 3.63) is 35.9 Å². The number of imide groups is 1. The number of hydrogen-bond donors (Lipinski definition) is 0. The van der Waals surface area contributed by atoms with Crippen molar-refractivity contribution in [3.8, 4) is 0 Å². The van der Waals surface area contributed by atoms with Gasteiger partial charge in [-0.3, -0.25) is 14.5 Å². The molecule has 5 nitrogen and oxygen atoms in total. The highest BCUT2D eigenvalue weighted by Gasteiger charge is 2.47. The van der Waals surface area contributed by atoms with Crippen LogP contribution in [-0.2, 0) is 24.8 Å². The van der Waals surface area contributed by atoms with Crippen LogP contribution in [0.15, 0.2) is 30.3 Å². The summed E-state index contributed by atoms with van der Waals surface area (Å²) in [6.07, 6.45) is 5.11. The van der Waals surface area contributed by atoms with Crippen LogP contribution in [0.3, 0.4) is 0 Å². The molecule has 3 rings (SSSR count). The monoisotopic (exact) mass is 331 g/mol. The summed E-state index contributed by atoms with van der Waals surface area (Å²) in [6, 6.07) is 9.43. The van der Waals surface area contributed by atoms with E-state index in [1.54, 1.807) is 0 Å². The molecule has 5 heteroatoms. The van der Waals surface area contributed by atoms with E-state index in [0.717, 1.165) is 31.2 Å². The molecule has 1 saturated carbocycles. The Bertz CT molecular complexity index is 583. The summed E-state index contributed by atoms with van der Waals surface area (Å²) in [5.74, 6) is -1.35. The number of benzene rings is 1. The minimum atomic E-state index is -1.13. The fourth-order valence-electron chi connectivity index (χ4n) is 4.13. The van der Waals surface area contributed by atoms with Gasteiger partial charge in [-0.2, -0.15) is 0 Å². The van der Waals surface area contributed by atoms with Crippen molar-refractivity contribution < 1.29 is 19.1 Å². The molecular weight excluding hydrogens is 306 g/mol. The molecule has 0 radical (unpaired) electrons. The summed E-state index contributed by atoms with van der Waals surface area (Å²) in [7, 11) is 3.07. The minimum absolute atomic E-state index is 0.0811. The van der Waals surface area contributed by atoms with Crippen LogP contribution in [0.5, 0.6) is 0 Å². The summed E-state index contributed by atoms with van der Waals surface area (Å²) in [5.41, 5.74) is 0.692. The number of methoxy groups -OCH3 is 2. The number of carbonyl (C=O) groups is 2. The highest BCUT2D eigenvalue weighted by molar-refractivity contribution is 5.98. The molecule has 0 aromatic heterocycles. The Labute approximate surface area is 142 Å². The van der Waals surface area contributed by atoms with E-state index in [0.29, 0.717) is 12.8 Å². The van der Waals surface area contributed by atoms with Crippen LogP contribution < -0.4 is 0 Å². The van der Waals surface area contributed by atoms with Crippen molar-refractivity contribution in [1.82, 2.24) is 4.90 Å². The van der Waals surface area contributed by atoms with Crippen LogP contribution in [-0.4, -0.2) is 37.5 Å². The average Bonchev–Trinajstić information content (AvgIpc) is 3.03. The summed E-state index contributed by atoms with van der Waals surface area (Å²) in [4.78, 5) is 26.7. The van der Waals surface area contributed by atoms with Crippen molar-refractivity contribution in [3.63, 3.8) is 0 Å². The zero-order valence-corrected chi connectivity index (χ0v) is 14.4. The molecule has 0 bridgehead atoms. The Balaban J connectivity index is 1.83. The van der Waals surface area contributed by atoms with Crippen LogP contribution in [0.25, 0.3) is 0 Å². The molecular formula is C19H25NO4. The molecule has 2 fully saturated rings. The van der Waals surface area contributed by atoms with Crippen molar-refractivity contribution in [2.75, 3.05) is 20.8 Å². The Morgan fingerprint density at radius 1 is 1.00 bits per heavy atom. The number of nitrogens with zero attached hydrogens (tertiary/aromatic N) is 1. The predicted octanol–water partition coefficient (Wildman–Crippen LogP) is 2.84. The second kappa shape index (κ2) is 6.65. The summed E-state index contributed by atoms with van der Waals surface area (Å²) < 4.78 is 11.2. The van der Waals surface area contributed by atoms with Crippen LogP contribution in [0.2, 0.25) is 0 Å².